The number of ether oxygens (including phenoxy) is 2. The Hall–Kier alpha value is -10.4. The fourth-order valence-corrected chi connectivity index (χ4v) is 11.7. The molecule has 0 bridgehead atoms. The summed E-state index contributed by atoms with van der Waals surface area (Å²) < 4.78 is 10.7. The zero-order valence-corrected chi connectivity index (χ0v) is 66.4. The topological polar surface area (TPSA) is 635 Å². The van der Waals surface area contributed by atoms with Crippen LogP contribution in [0, 0.1) is 11.8 Å². The number of imide groups is 1. The Labute approximate surface area is 661 Å². The number of aliphatic hydroxyl groups excluding tert-OH is 1. The Morgan fingerprint density at radius 2 is 1.19 bits per heavy atom. The summed E-state index contributed by atoms with van der Waals surface area (Å²) in [5.41, 5.74) is 18.5. The summed E-state index contributed by atoms with van der Waals surface area (Å²) in [6.07, 6.45) is 5.42. The molecule has 17 amide bonds. The monoisotopic (exact) mass is 1630 g/mol. The summed E-state index contributed by atoms with van der Waals surface area (Å²) >= 11 is 2.52. The summed E-state index contributed by atoms with van der Waals surface area (Å²) in [5, 5.41) is 47.9. The third-order valence-electron chi connectivity index (χ3n) is 16.3. The number of hydrogen-bond acceptors (Lipinski definition) is 26. The lowest BCUT2D eigenvalue weighted by molar-refractivity contribution is -0.135. The number of H-pyrrole nitrogens is 2. The molecule has 44 heteroatoms. The molecule has 0 aliphatic heterocycles. The third kappa shape index (κ3) is 38.1. The van der Waals surface area contributed by atoms with Gasteiger partial charge in [0.05, 0.1) is 70.9 Å². The number of imidazole rings is 1. The van der Waals surface area contributed by atoms with E-state index in [0.29, 0.717) is 27.9 Å². The lowest BCUT2D eigenvalue weighted by Crippen LogP contribution is -2.59. The van der Waals surface area contributed by atoms with Crippen molar-refractivity contribution < 1.29 is 96.1 Å². The number of nitrogens with one attached hydrogen (secondary N) is 17. The molecule has 1 unspecified atom stereocenters. The minimum absolute atomic E-state index is 0.0365. The average molecular weight is 1630 g/mol. The molecule has 0 radical (unpaired) electrons. The van der Waals surface area contributed by atoms with E-state index in [9.17, 15) is 86.6 Å². The molecular weight excluding hydrogens is 1520 g/mol. The smallest absolute Gasteiger partial charge is 0.252 e. The SMILES string of the molecule is CSCC[C@H](NC(=O)[C@H](CC(C)C)NC(=O)[C@H](Cc1cnc[nH]1)NC(=O)CNC(=O)[C@@H](NC(=O)[C@H](C)NC(=O)[C@H](Cc1c[nH]c2ccccc12)NC(=O)[C@H](CCC(N)=O)NC(=O)CNC(CN)C(=O)NC(=O)COCCOCCNC(=O)CNC(=O)[C@H](CSCNC(C)=O)NC(=O)[C@H](CO)NC(=O)CN(C)C)C(C)C)C(N)=O. The van der Waals surface area contributed by atoms with Crippen molar-refractivity contribution in [3.05, 3.63) is 54.2 Å². The summed E-state index contributed by atoms with van der Waals surface area (Å²) in [4.78, 5) is 235. The van der Waals surface area contributed by atoms with Crippen molar-refractivity contribution in [2.75, 3.05) is 110 Å². The number of nitrogens with zero attached hydrogens (tertiary/aromatic N) is 2. The Morgan fingerprint density at radius 1 is 0.584 bits per heavy atom. The maximum absolute atomic E-state index is 14.4. The normalized spacial score (nSPS) is 13.8. The van der Waals surface area contributed by atoms with Gasteiger partial charge in [-0.05, 0) is 75.8 Å². The molecule has 0 saturated carbocycles. The van der Waals surface area contributed by atoms with Gasteiger partial charge < -0.3 is 116 Å². The van der Waals surface area contributed by atoms with E-state index >= 15 is 0 Å². The van der Waals surface area contributed by atoms with Crippen LogP contribution in [0.5, 0.6) is 0 Å². The van der Waals surface area contributed by atoms with E-state index in [1.807, 2.05) is 20.1 Å². The van der Waals surface area contributed by atoms with Gasteiger partial charge >= 0.3 is 0 Å². The van der Waals surface area contributed by atoms with Crippen molar-refractivity contribution in [1.82, 2.24) is 99.6 Å². The predicted octanol–water partition coefficient (Wildman–Crippen LogP) is -8.41. The Kier molecular flexibility index (Phi) is 44.6. The number of carbonyl (C=O) groups is 17. The van der Waals surface area contributed by atoms with Crippen LogP contribution < -0.4 is 97.0 Å². The number of aromatic nitrogens is 3. The number of nitrogens with two attached hydrogens (primary N) is 3. The summed E-state index contributed by atoms with van der Waals surface area (Å²) in [5.74, 6) is -13.7. The predicted molar refractivity (Wildman–Crippen MR) is 414 cm³/mol. The van der Waals surface area contributed by atoms with E-state index in [1.54, 1.807) is 58.4 Å². The van der Waals surface area contributed by atoms with Crippen LogP contribution in [0.1, 0.15) is 78.5 Å². The second kappa shape index (κ2) is 52.0. The standard InChI is InChI=1S/C69H110N22O20S2/c1-37(2)22-47(65(105)85-45(60(72)100)16-21-112-9)86-66(106)49(24-42-27-73-35-79-42)83-56(97)30-78-69(109)59(38(3)4)90-61(101)39(5)81-64(104)48(23-41-26-75-44-13-11-10-12-43(41)44)87-63(103)46(14-15-53(71)94)82-55(96)29-76-50(25-70)67(107)89-58(99)33-111-20-19-110-18-17-74-54(95)28-77-62(102)52(34-113-36-80-40(6)93)88-68(108)51(32-92)84-57(98)31-91(7)8/h10-13,26-27,35,37-39,45-52,59,75-76,92H,14-25,28-34,36,70H2,1-9H3,(H2,71,94)(H2,72,100)(H,73,79)(H,74,95)(H,77,102)(H,78,109)(H,80,93)(H,81,104)(H,82,96)(H,83,97)(H,84,98)(H,85,105)(H,86,106)(H,87,103)(H,88,108)(H,90,101)(H,89,99,107)/t39-,45-,46-,47-,48-,49-,50?,51-,52-,59-/m0/s1. The lowest BCUT2D eigenvalue weighted by atomic mass is 10.0. The van der Waals surface area contributed by atoms with Crippen molar-refractivity contribution in [3.8, 4) is 0 Å². The Morgan fingerprint density at radius 3 is 1.82 bits per heavy atom. The zero-order chi connectivity index (χ0) is 84.3. The van der Waals surface area contributed by atoms with Gasteiger partial charge in [0.1, 0.15) is 61.0 Å². The second-order valence-corrected chi connectivity index (χ2v) is 28.9. The lowest BCUT2D eigenvalue weighted by Gasteiger charge is -2.26. The maximum Gasteiger partial charge on any atom is 0.252 e. The van der Waals surface area contributed by atoms with Gasteiger partial charge in [0.25, 0.3) is 5.91 Å². The first-order chi connectivity index (χ1) is 53.5. The molecule has 2 heterocycles. The molecule has 0 saturated heterocycles. The highest BCUT2D eigenvalue weighted by atomic mass is 32.2. The van der Waals surface area contributed by atoms with Crippen LogP contribution in [-0.2, 0) is 104 Å². The molecule has 2 aromatic heterocycles. The first-order valence-electron chi connectivity index (χ1n) is 36.2. The summed E-state index contributed by atoms with van der Waals surface area (Å²) in [6, 6.07) is -6.26. The van der Waals surface area contributed by atoms with Gasteiger partial charge in [0, 0.05) is 74.0 Å². The Balaban J connectivity index is 1.59. The minimum Gasteiger partial charge on any atom is -0.394 e. The molecule has 0 fully saturated rings. The zero-order valence-electron chi connectivity index (χ0n) is 64.8. The Bertz CT molecular complexity index is 3680. The molecule has 3 aromatic rings. The number of aliphatic hydroxyl groups is 1. The van der Waals surface area contributed by atoms with Crippen LogP contribution >= 0.6 is 23.5 Å². The highest BCUT2D eigenvalue weighted by Crippen LogP contribution is 2.20. The van der Waals surface area contributed by atoms with E-state index in [4.69, 9.17) is 26.7 Å². The highest BCUT2D eigenvalue weighted by Gasteiger charge is 2.35. The molecule has 10 atom stereocenters. The van der Waals surface area contributed by atoms with Gasteiger partial charge in [-0.2, -0.15) is 11.8 Å². The number of amides is 17. The number of rotatable bonds is 55. The largest absolute Gasteiger partial charge is 0.394 e. The maximum atomic E-state index is 14.4. The molecule has 0 aliphatic rings. The van der Waals surface area contributed by atoms with Gasteiger partial charge in [-0.25, -0.2) is 4.98 Å². The van der Waals surface area contributed by atoms with E-state index in [-0.39, 0.29) is 82.0 Å². The molecule has 42 nitrogen and oxygen atoms in total. The first kappa shape index (κ1) is 96.8. The number of aromatic amines is 2. The van der Waals surface area contributed by atoms with E-state index in [1.165, 1.54) is 43.0 Å². The van der Waals surface area contributed by atoms with Gasteiger partial charge in [0.15, 0.2) is 0 Å². The van der Waals surface area contributed by atoms with Crippen molar-refractivity contribution in [1.29, 1.82) is 0 Å². The van der Waals surface area contributed by atoms with Gasteiger partial charge in [0.2, 0.25) is 94.5 Å². The highest BCUT2D eigenvalue weighted by molar-refractivity contribution is 7.99. The molecule has 3 rings (SSSR count). The van der Waals surface area contributed by atoms with Crippen LogP contribution in [-0.4, -0.2) is 296 Å². The first-order valence-corrected chi connectivity index (χ1v) is 38.7. The van der Waals surface area contributed by atoms with Gasteiger partial charge in [-0.3, -0.25) is 92.1 Å². The van der Waals surface area contributed by atoms with Crippen molar-refractivity contribution in [2.45, 2.75) is 140 Å². The molecule has 0 aliphatic carbocycles. The number of fused-ring (bicyclic) bond motifs is 1. The molecular formula is C69H110N22O20S2. The van der Waals surface area contributed by atoms with Crippen molar-refractivity contribution in [3.63, 3.8) is 0 Å². The van der Waals surface area contributed by atoms with Crippen LogP contribution in [0.4, 0.5) is 0 Å². The molecule has 113 heavy (non-hydrogen) atoms. The summed E-state index contributed by atoms with van der Waals surface area (Å²) in [7, 11) is 3.25. The number of carbonyl (C=O) groups excluding carboxylic acids is 17. The van der Waals surface area contributed by atoms with Crippen LogP contribution in [0.15, 0.2) is 43.0 Å². The fourth-order valence-electron chi connectivity index (χ4n) is 10.4. The van der Waals surface area contributed by atoms with E-state index in [2.05, 4.69) is 94.7 Å². The molecule has 1 aromatic carbocycles. The number of thioether (sulfide) groups is 2. The number of likely N-dealkylation sites (N-methyl/N-ethyl adjacent to an activating group) is 1. The number of hydrogen-bond donors (Lipinski definition) is 21. The van der Waals surface area contributed by atoms with Crippen LogP contribution in [0.2, 0.25) is 0 Å². The van der Waals surface area contributed by atoms with Crippen molar-refractivity contribution in [2.24, 2.45) is 29.0 Å². The van der Waals surface area contributed by atoms with Crippen molar-refractivity contribution >= 4 is 135 Å². The van der Waals surface area contributed by atoms with E-state index < -0.39 is 213 Å². The molecule has 628 valence electrons. The summed E-state index contributed by atoms with van der Waals surface area (Å²) in [6.45, 7) is 5.25. The fraction of sp³-hybridized carbons (Fsp3) is 0.594. The van der Waals surface area contributed by atoms with Gasteiger partial charge in [-0.1, -0.05) is 45.9 Å². The average Bonchev–Trinajstić information content (AvgIpc) is 1.69. The molecule has 24 N–H and O–H groups in total. The van der Waals surface area contributed by atoms with Crippen LogP contribution in [0.25, 0.3) is 10.9 Å². The van der Waals surface area contributed by atoms with E-state index in [0.717, 1.165) is 11.8 Å². The number of benzene rings is 1. The molecule has 0 spiro atoms. The third-order valence-corrected chi connectivity index (χ3v) is 17.8. The number of primary amides is 2. The van der Waals surface area contributed by atoms with Crippen LogP contribution in [0.3, 0.4) is 0 Å². The second-order valence-electron chi connectivity index (χ2n) is 26.9. The van der Waals surface area contributed by atoms with Gasteiger partial charge in [-0.15, -0.1) is 11.8 Å². The minimum atomic E-state index is -1.56. The number of para-hydroxylation sites is 1. The quantitative estimate of drug-likeness (QED) is 0.0184.